The first-order valence-corrected chi connectivity index (χ1v) is 7.56. The average molecular weight is 351 g/mol. The molecule has 0 amide bonds. The van der Waals surface area contributed by atoms with Gasteiger partial charge in [-0.3, -0.25) is 0 Å². The molecule has 0 saturated heterocycles. The molecule has 0 saturated carbocycles. The molecule has 6 heteroatoms. The fourth-order valence-corrected chi connectivity index (χ4v) is 2.34. The Balaban J connectivity index is 2.00. The summed E-state index contributed by atoms with van der Waals surface area (Å²) in [5.41, 5.74) is 2.18. The molecule has 1 aromatic carbocycles. The molecule has 0 aliphatic carbocycles. The third-order valence-corrected chi connectivity index (χ3v) is 3.44. The summed E-state index contributed by atoms with van der Waals surface area (Å²) in [6.45, 7) is 3.61. The van der Waals surface area contributed by atoms with Gasteiger partial charge in [-0.05, 0) is 37.1 Å². The number of methoxy groups -OCH3 is 1. The Kier molecular flexibility index (Phi) is 5.95. The Morgan fingerprint density at radius 2 is 2.00 bits per heavy atom. The van der Waals surface area contributed by atoms with Gasteiger partial charge in [-0.25, -0.2) is 9.97 Å². The van der Waals surface area contributed by atoms with E-state index < -0.39 is 0 Å². The normalized spacial score (nSPS) is 10.4. The molecule has 2 N–H and O–H groups in total. The number of nitrogens with zero attached hydrogens (tertiary/aromatic N) is 2. The van der Waals surface area contributed by atoms with E-state index in [-0.39, 0.29) is 0 Å². The molecule has 2 aromatic rings. The first-order valence-electron chi connectivity index (χ1n) is 6.77. The standard InChI is InChI=1S/C15H19BrN4O/c1-11-8-12(16)4-5-13(11)20-15-9-14(18-10-19-15)17-6-3-7-21-2/h4-5,8-10H,3,6-7H2,1-2H3,(H2,17,18,19,20). The number of benzene rings is 1. The Bertz CT molecular complexity index is 592. The van der Waals surface area contributed by atoms with Crippen molar-refractivity contribution in [1.29, 1.82) is 0 Å². The van der Waals surface area contributed by atoms with E-state index in [1.165, 1.54) is 0 Å². The third kappa shape index (κ3) is 4.99. The molecule has 112 valence electrons. The molecule has 0 fully saturated rings. The monoisotopic (exact) mass is 350 g/mol. The highest BCUT2D eigenvalue weighted by atomic mass is 79.9. The van der Waals surface area contributed by atoms with Crippen LogP contribution in [0.5, 0.6) is 0 Å². The number of hydrogen-bond acceptors (Lipinski definition) is 5. The molecule has 0 aliphatic heterocycles. The van der Waals surface area contributed by atoms with Crippen LogP contribution in [0, 0.1) is 6.92 Å². The van der Waals surface area contributed by atoms with Crippen LogP contribution in [0.2, 0.25) is 0 Å². The van der Waals surface area contributed by atoms with Gasteiger partial charge in [0.05, 0.1) is 0 Å². The minimum atomic E-state index is 0.737. The van der Waals surface area contributed by atoms with Gasteiger partial charge < -0.3 is 15.4 Å². The Morgan fingerprint density at radius 1 is 1.19 bits per heavy atom. The van der Waals surface area contributed by atoms with Crippen LogP contribution in [0.25, 0.3) is 0 Å². The molecule has 1 aromatic heterocycles. The van der Waals surface area contributed by atoms with Gasteiger partial charge in [-0.1, -0.05) is 15.9 Å². The molecule has 0 atom stereocenters. The zero-order valence-corrected chi connectivity index (χ0v) is 13.8. The van der Waals surface area contributed by atoms with Crippen molar-refractivity contribution < 1.29 is 4.74 Å². The summed E-state index contributed by atoms with van der Waals surface area (Å²) in [7, 11) is 1.70. The van der Waals surface area contributed by atoms with Crippen molar-refractivity contribution in [1.82, 2.24) is 9.97 Å². The van der Waals surface area contributed by atoms with Crippen molar-refractivity contribution in [3.05, 3.63) is 40.6 Å². The lowest BCUT2D eigenvalue weighted by molar-refractivity contribution is 0.198. The third-order valence-electron chi connectivity index (χ3n) is 2.95. The van der Waals surface area contributed by atoms with E-state index >= 15 is 0 Å². The second-order valence-corrected chi connectivity index (χ2v) is 5.56. The first-order chi connectivity index (χ1) is 10.2. The summed E-state index contributed by atoms with van der Waals surface area (Å²) in [4.78, 5) is 8.45. The number of aromatic nitrogens is 2. The van der Waals surface area contributed by atoms with Gasteiger partial charge in [0, 0.05) is 36.5 Å². The van der Waals surface area contributed by atoms with Crippen molar-refractivity contribution >= 4 is 33.3 Å². The zero-order valence-electron chi connectivity index (χ0n) is 12.2. The molecule has 0 radical (unpaired) electrons. The molecule has 1 heterocycles. The predicted octanol–water partition coefficient (Wildman–Crippen LogP) is 3.74. The fraction of sp³-hybridized carbons (Fsp3) is 0.333. The molecular weight excluding hydrogens is 332 g/mol. The van der Waals surface area contributed by atoms with Crippen LogP contribution < -0.4 is 10.6 Å². The van der Waals surface area contributed by atoms with Crippen LogP contribution in [-0.4, -0.2) is 30.2 Å². The number of rotatable bonds is 7. The van der Waals surface area contributed by atoms with E-state index in [2.05, 4.69) is 49.5 Å². The maximum Gasteiger partial charge on any atom is 0.135 e. The number of hydrogen-bond donors (Lipinski definition) is 2. The highest BCUT2D eigenvalue weighted by Gasteiger charge is 2.02. The van der Waals surface area contributed by atoms with Crippen molar-refractivity contribution in [3.63, 3.8) is 0 Å². The van der Waals surface area contributed by atoms with Crippen LogP contribution in [-0.2, 0) is 4.74 Å². The molecule has 0 bridgehead atoms. The average Bonchev–Trinajstić information content (AvgIpc) is 2.47. The van der Waals surface area contributed by atoms with Crippen LogP contribution in [0.15, 0.2) is 35.1 Å². The summed E-state index contributed by atoms with van der Waals surface area (Å²) >= 11 is 3.46. The Hall–Kier alpha value is -1.66. The lowest BCUT2D eigenvalue weighted by Gasteiger charge is -2.10. The lowest BCUT2D eigenvalue weighted by Crippen LogP contribution is -2.07. The lowest BCUT2D eigenvalue weighted by atomic mass is 10.2. The SMILES string of the molecule is COCCCNc1cc(Nc2ccc(Br)cc2C)ncn1. The maximum absolute atomic E-state index is 5.02. The van der Waals surface area contributed by atoms with Gasteiger partial charge in [-0.15, -0.1) is 0 Å². The van der Waals surface area contributed by atoms with Crippen LogP contribution in [0.3, 0.4) is 0 Å². The van der Waals surface area contributed by atoms with Crippen molar-refractivity contribution in [2.24, 2.45) is 0 Å². The largest absolute Gasteiger partial charge is 0.385 e. The molecule has 21 heavy (non-hydrogen) atoms. The minimum Gasteiger partial charge on any atom is -0.385 e. The number of halogens is 1. The van der Waals surface area contributed by atoms with Gasteiger partial charge in [0.15, 0.2) is 0 Å². The summed E-state index contributed by atoms with van der Waals surface area (Å²) in [5, 5.41) is 6.56. The summed E-state index contributed by atoms with van der Waals surface area (Å²) in [6.07, 6.45) is 2.49. The fourth-order valence-electron chi connectivity index (χ4n) is 1.86. The molecular formula is C15H19BrN4O. The van der Waals surface area contributed by atoms with E-state index in [9.17, 15) is 0 Å². The molecule has 0 spiro atoms. The number of aryl methyl sites for hydroxylation is 1. The zero-order chi connectivity index (χ0) is 15.1. The van der Waals surface area contributed by atoms with E-state index in [1.807, 2.05) is 18.2 Å². The second-order valence-electron chi connectivity index (χ2n) is 4.65. The van der Waals surface area contributed by atoms with E-state index in [0.29, 0.717) is 0 Å². The minimum absolute atomic E-state index is 0.737. The first kappa shape index (κ1) is 15.7. The van der Waals surface area contributed by atoms with E-state index in [1.54, 1.807) is 13.4 Å². The highest BCUT2D eigenvalue weighted by molar-refractivity contribution is 9.10. The maximum atomic E-state index is 5.02. The van der Waals surface area contributed by atoms with Gasteiger partial charge >= 0.3 is 0 Å². The van der Waals surface area contributed by atoms with Crippen molar-refractivity contribution in [2.75, 3.05) is 30.9 Å². The van der Waals surface area contributed by atoms with Crippen molar-refractivity contribution in [2.45, 2.75) is 13.3 Å². The number of ether oxygens (including phenoxy) is 1. The summed E-state index contributed by atoms with van der Waals surface area (Å²) in [5.74, 6) is 1.57. The van der Waals surface area contributed by atoms with Crippen LogP contribution >= 0.6 is 15.9 Å². The van der Waals surface area contributed by atoms with E-state index in [0.717, 1.165) is 46.9 Å². The Morgan fingerprint density at radius 3 is 2.76 bits per heavy atom. The topological polar surface area (TPSA) is 59.1 Å². The number of nitrogens with one attached hydrogen (secondary N) is 2. The van der Waals surface area contributed by atoms with Gasteiger partial charge in [-0.2, -0.15) is 0 Å². The quantitative estimate of drug-likeness (QED) is 0.745. The molecule has 5 nitrogen and oxygen atoms in total. The van der Waals surface area contributed by atoms with E-state index in [4.69, 9.17) is 4.74 Å². The van der Waals surface area contributed by atoms with Crippen LogP contribution in [0.1, 0.15) is 12.0 Å². The Labute approximate surface area is 133 Å². The smallest absolute Gasteiger partial charge is 0.135 e. The summed E-state index contributed by atoms with van der Waals surface area (Å²) < 4.78 is 6.08. The molecule has 0 unspecified atom stereocenters. The van der Waals surface area contributed by atoms with Gasteiger partial charge in [0.25, 0.3) is 0 Å². The molecule has 0 aliphatic rings. The molecule has 2 rings (SSSR count). The van der Waals surface area contributed by atoms with Crippen LogP contribution in [0.4, 0.5) is 17.3 Å². The number of anilines is 3. The second kappa shape index (κ2) is 7.95. The van der Waals surface area contributed by atoms with Crippen molar-refractivity contribution in [3.8, 4) is 0 Å². The predicted molar refractivity (Wildman–Crippen MR) is 89.2 cm³/mol. The van der Waals surface area contributed by atoms with Gasteiger partial charge in [0.1, 0.15) is 18.0 Å². The van der Waals surface area contributed by atoms with Gasteiger partial charge in [0.2, 0.25) is 0 Å². The summed E-state index contributed by atoms with van der Waals surface area (Å²) in [6, 6.07) is 7.98. The highest BCUT2D eigenvalue weighted by Crippen LogP contribution is 2.23.